The Kier molecular flexibility index (Phi) is 2.79. The highest BCUT2D eigenvalue weighted by Crippen LogP contribution is 2.30. The molecule has 1 N–H and O–H groups in total. The largest absolute Gasteiger partial charge is 0.478 e. The molecule has 1 heterocycles. The number of carbonyl (C=O) groups is 1. The highest BCUT2D eigenvalue weighted by Gasteiger charge is 2.13. The number of carboxylic acids is 1. The van der Waals surface area contributed by atoms with E-state index >= 15 is 0 Å². The van der Waals surface area contributed by atoms with Gasteiger partial charge in [0, 0.05) is 5.39 Å². The van der Waals surface area contributed by atoms with Gasteiger partial charge in [-0.25, -0.2) is 9.18 Å². The van der Waals surface area contributed by atoms with Crippen molar-refractivity contribution in [1.82, 2.24) is 0 Å². The van der Waals surface area contributed by atoms with Gasteiger partial charge in [0.05, 0.1) is 11.1 Å². The molecule has 0 unspecified atom stereocenters. The second-order valence-corrected chi connectivity index (χ2v) is 4.65. The van der Waals surface area contributed by atoms with Crippen molar-refractivity contribution in [3.8, 4) is 11.3 Å². The Hall–Kier alpha value is -2.62. The van der Waals surface area contributed by atoms with Crippen molar-refractivity contribution in [3.63, 3.8) is 0 Å². The number of benzene rings is 2. The summed E-state index contributed by atoms with van der Waals surface area (Å²) in [6, 6.07) is 11.2. The van der Waals surface area contributed by atoms with E-state index in [1.807, 2.05) is 25.1 Å². The standard InChI is InChI=1S/C16H11FO3/c1-9-2-5-14-11(6-9)8-15(20-14)12-4-3-10(16(18)19)7-13(12)17/h2-8H,1H3,(H,18,19). The van der Waals surface area contributed by atoms with Crippen molar-refractivity contribution in [2.45, 2.75) is 6.92 Å². The average Bonchev–Trinajstić information content (AvgIpc) is 2.80. The van der Waals surface area contributed by atoms with Gasteiger partial charge in [-0.2, -0.15) is 0 Å². The lowest BCUT2D eigenvalue weighted by Crippen LogP contribution is -1.97. The number of furan rings is 1. The molecule has 0 bridgehead atoms. The van der Waals surface area contributed by atoms with Gasteiger partial charge < -0.3 is 9.52 Å². The maximum absolute atomic E-state index is 14.0. The van der Waals surface area contributed by atoms with Crippen LogP contribution in [0.25, 0.3) is 22.3 Å². The van der Waals surface area contributed by atoms with E-state index in [0.29, 0.717) is 11.3 Å². The lowest BCUT2D eigenvalue weighted by Gasteiger charge is -2.00. The third-order valence-electron chi connectivity index (χ3n) is 3.15. The molecule has 0 aliphatic heterocycles. The van der Waals surface area contributed by atoms with Gasteiger partial charge >= 0.3 is 5.97 Å². The number of aryl methyl sites for hydroxylation is 1. The second-order valence-electron chi connectivity index (χ2n) is 4.65. The van der Waals surface area contributed by atoms with Gasteiger partial charge in [-0.1, -0.05) is 11.6 Å². The van der Waals surface area contributed by atoms with Gasteiger partial charge in [0.25, 0.3) is 0 Å². The van der Waals surface area contributed by atoms with E-state index in [2.05, 4.69) is 0 Å². The fourth-order valence-electron chi connectivity index (χ4n) is 2.14. The molecule has 0 atom stereocenters. The molecule has 1 aromatic heterocycles. The summed E-state index contributed by atoms with van der Waals surface area (Å²) in [6.45, 7) is 1.97. The Labute approximate surface area is 114 Å². The van der Waals surface area contributed by atoms with Crippen molar-refractivity contribution in [3.05, 3.63) is 59.4 Å². The van der Waals surface area contributed by atoms with Crippen molar-refractivity contribution >= 4 is 16.9 Å². The first-order chi connectivity index (χ1) is 9.54. The number of hydrogen-bond donors (Lipinski definition) is 1. The lowest BCUT2D eigenvalue weighted by molar-refractivity contribution is 0.0696. The van der Waals surface area contributed by atoms with Crippen LogP contribution in [0.2, 0.25) is 0 Å². The Bertz CT molecular complexity index is 818. The number of fused-ring (bicyclic) bond motifs is 1. The minimum Gasteiger partial charge on any atom is -0.478 e. The molecule has 4 heteroatoms. The molecule has 0 saturated carbocycles. The number of rotatable bonds is 2. The van der Waals surface area contributed by atoms with Crippen LogP contribution in [-0.4, -0.2) is 11.1 Å². The van der Waals surface area contributed by atoms with Crippen molar-refractivity contribution in [2.24, 2.45) is 0 Å². The maximum Gasteiger partial charge on any atom is 0.335 e. The molecule has 0 radical (unpaired) electrons. The summed E-state index contributed by atoms with van der Waals surface area (Å²) in [4.78, 5) is 10.8. The highest BCUT2D eigenvalue weighted by molar-refractivity contribution is 5.89. The second kappa shape index (κ2) is 4.49. The predicted molar refractivity (Wildman–Crippen MR) is 73.3 cm³/mol. The monoisotopic (exact) mass is 270 g/mol. The van der Waals surface area contributed by atoms with Gasteiger partial charge in [-0.05, 0) is 43.3 Å². The predicted octanol–water partition coefficient (Wildman–Crippen LogP) is 4.25. The first-order valence-corrected chi connectivity index (χ1v) is 6.08. The number of hydrogen-bond acceptors (Lipinski definition) is 2. The normalized spacial score (nSPS) is 10.9. The third kappa shape index (κ3) is 2.05. The molecular weight excluding hydrogens is 259 g/mol. The van der Waals surface area contributed by atoms with Crippen molar-refractivity contribution in [2.75, 3.05) is 0 Å². The minimum atomic E-state index is -1.16. The average molecular weight is 270 g/mol. The fourth-order valence-corrected chi connectivity index (χ4v) is 2.14. The summed E-state index contributed by atoms with van der Waals surface area (Å²) >= 11 is 0. The van der Waals surface area contributed by atoms with Crippen molar-refractivity contribution in [1.29, 1.82) is 0 Å². The molecule has 0 aliphatic rings. The topological polar surface area (TPSA) is 50.4 Å². The van der Waals surface area contributed by atoms with Gasteiger partial charge in [-0.15, -0.1) is 0 Å². The Morgan fingerprint density at radius 1 is 1.15 bits per heavy atom. The van der Waals surface area contributed by atoms with Crippen LogP contribution in [0.3, 0.4) is 0 Å². The fraction of sp³-hybridized carbons (Fsp3) is 0.0625. The molecule has 100 valence electrons. The van der Waals surface area contributed by atoms with Crippen LogP contribution in [0.4, 0.5) is 4.39 Å². The lowest BCUT2D eigenvalue weighted by atomic mass is 10.1. The molecule has 0 fully saturated rings. The Morgan fingerprint density at radius 2 is 1.95 bits per heavy atom. The summed E-state index contributed by atoms with van der Waals surface area (Å²) in [5.41, 5.74) is 1.93. The Morgan fingerprint density at radius 3 is 2.65 bits per heavy atom. The van der Waals surface area contributed by atoms with Gasteiger partial charge in [0.2, 0.25) is 0 Å². The zero-order valence-corrected chi connectivity index (χ0v) is 10.7. The minimum absolute atomic E-state index is 0.0850. The number of aromatic carboxylic acids is 1. The van der Waals surface area contributed by atoms with Crippen LogP contribution in [0, 0.1) is 12.7 Å². The van der Waals surface area contributed by atoms with Gasteiger partial charge in [-0.3, -0.25) is 0 Å². The molecule has 0 saturated heterocycles. The van der Waals surface area contributed by atoms with Gasteiger partial charge in [0.1, 0.15) is 17.2 Å². The summed E-state index contributed by atoms with van der Waals surface area (Å²) in [7, 11) is 0. The molecule has 3 nitrogen and oxygen atoms in total. The molecule has 2 aromatic carbocycles. The van der Waals surface area contributed by atoms with E-state index in [0.717, 1.165) is 17.0 Å². The van der Waals surface area contributed by atoms with Crippen LogP contribution >= 0.6 is 0 Å². The van der Waals surface area contributed by atoms with Crippen LogP contribution in [0.15, 0.2) is 46.9 Å². The number of carboxylic acid groups (broad SMARTS) is 1. The third-order valence-corrected chi connectivity index (χ3v) is 3.15. The van der Waals surface area contributed by atoms with E-state index in [1.54, 1.807) is 6.07 Å². The molecule has 0 aliphatic carbocycles. The van der Waals surface area contributed by atoms with Crippen LogP contribution in [0.1, 0.15) is 15.9 Å². The molecule has 20 heavy (non-hydrogen) atoms. The first-order valence-electron chi connectivity index (χ1n) is 6.08. The summed E-state index contributed by atoms with van der Waals surface area (Å²) in [5.74, 6) is -1.38. The van der Waals surface area contributed by atoms with Crippen molar-refractivity contribution < 1.29 is 18.7 Å². The summed E-state index contributed by atoms with van der Waals surface area (Å²) < 4.78 is 19.6. The maximum atomic E-state index is 14.0. The first kappa shape index (κ1) is 12.4. The zero-order chi connectivity index (χ0) is 14.3. The van der Waals surface area contributed by atoms with E-state index < -0.39 is 11.8 Å². The van der Waals surface area contributed by atoms with Crippen LogP contribution < -0.4 is 0 Å². The quantitative estimate of drug-likeness (QED) is 0.757. The van der Waals surface area contributed by atoms with E-state index in [9.17, 15) is 9.18 Å². The molecule has 0 spiro atoms. The van der Waals surface area contributed by atoms with E-state index in [-0.39, 0.29) is 11.1 Å². The van der Waals surface area contributed by atoms with E-state index in [1.165, 1.54) is 12.1 Å². The molecule has 3 aromatic rings. The Balaban J connectivity index is 2.13. The van der Waals surface area contributed by atoms with Crippen LogP contribution in [-0.2, 0) is 0 Å². The zero-order valence-electron chi connectivity index (χ0n) is 10.7. The molecular formula is C16H11FO3. The SMILES string of the molecule is Cc1ccc2oc(-c3ccc(C(=O)O)cc3F)cc2c1. The summed E-state index contributed by atoms with van der Waals surface area (Å²) in [5, 5.41) is 9.72. The van der Waals surface area contributed by atoms with Gasteiger partial charge in [0.15, 0.2) is 0 Å². The summed E-state index contributed by atoms with van der Waals surface area (Å²) in [6.07, 6.45) is 0. The number of halogens is 1. The molecule has 3 rings (SSSR count). The molecule has 0 amide bonds. The highest BCUT2D eigenvalue weighted by atomic mass is 19.1. The smallest absolute Gasteiger partial charge is 0.335 e. The van der Waals surface area contributed by atoms with Crippen LogP contribution in [0.5, 0.6) is 0 Å². The van der Waals surface area contributed by atoms with E-state index in [4.69, 9.17) is 9.52 Å².